The monoisotopic (exact) mass is 364 g/mol. The van der Waals surface area contributed by atoms with Gasteiger partial charge in [-0.2, -0.15) is 13.2 Å². The first kappa shape index (κ1) is 19.3. The molecular weight excluding hydrogens is 357 g/mol. The summed E-state index contributed by atoms with van der Waals surface area (Å²) in [5.41, 5.74) is -1.85. The molecule has 0 aliphatic carbocycles. The number of hydrazine groups is 1. The van der Waals surface area contributed by atoms with Gasteiger partial charge in [-0.05, 0) is 0 Å². The molecule has 25 heavy (non-hydrogen) atoms. The van der Waals surface area contributed by atoms with E-state index in [4.69, 9.17) is 5.11 Å². The summed E-state index contributed by atoms with van der Waals surface area (Å²) in [6.45, 7) is 0. The van der Waals surface area contributed by atoms with Gasteiger partial charge in [-0.3, -0.25) is 35.9 Å². The van der Waals surface area contributed by atoms with Gasteiger partial charge in [0, 0.05) is 24.3 Å². The molecule has 1 amide bonds. The molecule has 0 atom stereocenters. The summed E-state index contributed by atoms with van der Waals surface area (Å²) < 4.78 is 38.1. The number of anilines is 1. The number of amides is 1. The minimum atomic E-state index is -5.08. The van der Waals surface area contributed by atoms with Crippen molar-refractivity contribution in [3.8, 4) is 0 Å². The fourth-order valence-corrected chi connectivity index (χ4v) is 1.50. The average Bonchev–Trinajstić information content (AvgIpc) is 2.48. The predicted octanol–water partition coefficient (Wildman–Crippen LogP) is 1.61. The van der Waals surface area contributed by atoms with Crippen molar-refractivity contribution in [1.82, 2.24) is 5.43 Å². The molecule has 1 rings (SSSR count). The Labute approximate surface area is 135 Å². The van der Waals surface area contributed by atoms with Gasteiger partial charge in [0.05, 0.1) is 15.4 Å². The molecule has 0 unspecified atom stereocenters. The maximum Gasteiger partial charge on any atom is 0.416 e. The smallest absolute Gasteiger partial charge is 0.416 e. The van der Waals surface area contributed by atoms with Crippen LogP contribution in [0.1, 0.15) is 5.56 Å². The van der Waals surface area contributed by atoms with E-state index in [0.717, 1.165) is 0 Å². The number of hydrogen-bond donors (Lipinski definition) is 3. The van der Waals surface area contributed by atoms with Gasteiger partial charge >= 0.3 is 23.5 Å². The van der Waals surface area contributed by atoms with Crippen molar-refractivity contribution >= 4 is 28.9 Å². The molecule has 0 radical (unpaired) electrons. The second kappa shape index (κ2) is 7.24. The second-order valence-corrected chi connectivity index (χ2v) is 4.19. The van der Waals surface area contributed by atoms with Crippen molar-refractivity contribution in [1.29, 1.82) is 0 Å². The Hall–Kier alpha value is -3.71. The maximum absolute atomic E-state index is 12.7. The lowest BCUT2D eigenvalue weighted by Gasteiger charge is -2.11. The number of nitrogens with zero attached hydrogens (tertiary/aromatic N) is 2. The van der Waals surface area contributed by atoms with E-state index in [2.05, 4.69) is 0 Å². The molecule has 3 N–H and O–H groups in total. The zero-order valence-corrected chi connectivity index (χ0v) is 11.7. The number of nitro benzene ring substituents is 2. The molecule has 0 heterocycles. The fourth-order valence-electron chi connectivity index (χ4n) is 1.50. The van der Waals surface area contributed by atoms with Crippen LogP contribution < -0.4 is 10.9 Å². The molecule has 0 saturated carbocycles. The van der Waals surface area contributed by atoms with Crippen molar-refractivity contribution in [3.63, 3.8) is 0 Å². The van der Waals surface area contributed by atoms with Gasteiger partial charge in [0.15, 0.2) is 0 Å². The van der Waals surface area contributed by atoms with Gasteiger partial charge in [-0.1, -0.05) is 0 Å². The summed E-state index contributed by atoms with van der Waals surface area (Å²) in [5, 5.41) is 30.1. The van der Waals surface area contributed by atoms with Gasteiger partial charge < -0.3 is 5.11 Å². The fraction of sp³-hybridized carbons (Fsp3) is 0.0909. The van der Waals surface area contributed by atoms with E-state index in [1.165, 1.54) is 0 Å². The molecule has 0 aromatic heterocycles. The highest BCUT2D eigenvalue weighted by atomic mass is 19.4. The Balaban J connectivity index is 3.33. The predicted molar refractivity (Wildman–Crippen MR) is 73.3 cm³/mol. The van der Waals surface area contributed by atoms with E-state index >= 15 is 0 Å². The van der Waals surface area contributed by atoms with Crippen molar-refractivity contribution in [2.24, 2.45) is 0 Å². The van der Waals surface area contributed by atoms with Gasteiger partial charge in [0.2, 0.25) is 5.69 Å². The van der Waals surface area contributed by atoms with Crippen molar-refractivity contribution < 1.29 is 37.7 Å². The molecule has 0 aliphatic heterocycles. The maximum atomic E-state index is 12.7. The lowest BCUT2D eigenvalue weighted by molar-refractivity contribution is -0.392. The first-order valence-electron chi connectivity index (χ1n) is 5.94. The first-order chi connectivity index (χ1) is 11.4. The summed E-state index contributed by atoms with van der Waals surface area (Å²) >= 11 is 0. The lowest BCUT2D eigenvalue weighted by atomic mass is 10.1. The Morgan fingerprint density at radius 1 is 1.08 bits per heavy atom. The summed E-state index contributed by atoms with van der Waals surface area (Å²) in [5.74, 6) is -2.67. The topological polar surface area (TPSA) is 165 Å². The van der Waals surface area contributed by atoms with Crippen LogP contribution in [0.4, 0.5) is 30.2 Å². The number of carbonyl (C=O) groups excluding carboxylic acids is 1. The lowest BCUT2D eigenvalue weighted by Crippen LogP contribution is -2.28. The number of halogens is 3. The van der Waals surface area contributed by atoms with E-state index in [1.807, 2.05) is 0 Å². The minimum absolute atomic E-state index is 0.0502. The highest BCUT2D eigenvalue weighted by Crippen LogP contribution is 2.40. The third-order valence-electron chi connectivity index (χ3n) is 2.51. The van der Waals surface area contributed by atoms with Gasteiger partial charge in [0.1, 0.15) is 0 Å². The number of aliphatic carboxylic acids is 1. The van der Waals surface area contributed by atoms with E-state index in [0.29, 0.717) is 12.2 Å². The minimum Gasteiger partial charge on any atom is -0.478 e. The molecule has 0 spiro atoms. The zero-order valence-electron chi connectivity index (χ0n) is 11.7. The first-order valence-corrected chi connectivity index (χ1v) is 5.94. The Bertz CT molecular complexity index is 740. The molecule has 14 heteroatoms. The van der Waals surface area contributed by atoms with E-state index in [9.17, 15) is 43.0 Å². The number of nitrogens with one attached hydrogen (secondary N) is 2. The van der Waals surface area contributed by atoms with E-state index < -0.39 is 50.5 Å². The van der Waals surface area contributed by atoms with Crippen LogP contribution in [0.3, 0.4) is 0 Å². The van der Waals surface area contributed by atoms with Crippen molar-refractivity contribution in [2.75, 3.05) is 5.43 Å². The normalized spacial score (nSPS) is 11.2. The van der Waals surface area contributed by atoms with E-state index in [1.54, 1.807) is 10.9 Å². The molecule has 134 valence electrons. The van der Waals surface area contributed by atoms with Crippen LogP contribution in [0.5, 0.6) is 0 Å². The van der Waals surface area contributed by atoms with E-state index in [-0.39, 0.29) is 12.1 Å². The Morgan fingerprint density at radius 2 is 1.56 bits per heavy atom. The third-order valence-corrected chi connectivity index (χ3v) is 2.51. The van der Waals surface area contributed by atoms with Crippen molar-refractivity contribution in [2.45, 2.75) is 6.18 Å². The quantitative estimate of drug-likeness (QED) is 0.389. The molecule has 0 bridgehead atoms. The largest absolute Gasteiger partial charge is 0.478 e. The number of hydrogen-bond acceptors (Lipinski definition) is 7. The van der Waals surface area contributed by atoms with Crippen molar-refractivity contribution in [3.05, 3.63) is 50.1 Å². The van der Waals surface area contributed by atoms with Gasteiger partial charge in [0.25, 0.3) is 5.91 Å². The molecule has 0 saturated heterocycles. The van der Waals surface area contributed by atoms with Crippen LogP contribution in [0.15, 0.2) is 24.3 Å². The van der Waals surface area contributed by atoms with Crippen LogP contribution in [-0.4, -0.2) is 26.8 Å². The summed E-state index contributed by atoms with van der Waals surface area (Å²) in [6, 6.07) is 0.100. The zero-order chi connectivity index (χ0) is 19.4. The SMILES string of the molecule is O=C(O)C=CC(=O)NNc1c([N+](=O)[O-])cc(C(F)(F)F)cc1[N+](=O)[O-]. The summed E-state index contributed by atoms with van der Waals surface area (Å²) in [4.78, 5) is 40.7. The van der Waals surface area contributed by atoms with Crippen LogP contribution in [-0.2, 0) is 15.8 Å². The van der Waals surface area contributed by atoms with Crippen LogP contribution in [0.25, 0.3) is 0 Å². The molecule has 0 fully saturated rings. The Kier molecular flexibility index (Phi) is 5.60. The Morgan fingerprint density at radius 3 is 1.92 bits per heavy atom. The number of carboxylic acid groups (broad SMARTS) is 1. The number of nitro groups is 2. The van der Waals surface area contributed by atoms with Gasteiger partial charge in [-0.15, -0.1) is 0 Å². The average molecular weight is 364 g/mol. The number of benzene rings is 1. The van der Waals surface area contributed by atoms with Crippen LogP contribution in [0.2, 0.25) is 0 Å². The summed E-state index contributed by atoms with van der Waals surface area (Å²) in [6.07, 6.45) is -4.22. The highest BCUT2D eigenvalue weighted by Gasteiger charge is 2.37. The molecular formula is C11H7F3N4O7. The molecule has 11 nitrogen and oxygen atoms in total. The number of rotatable bonds is 6. The standard InChI is InChI=1S/C11H7F3N4O7/c12-11(13,14)5-3-6(17(22)23)10(7(4-5)18(24)25)16-15-8(19)1-2-9(20)21/h1-4,16H,(H,15,19)(H,20,21). The van der Waals surface area contributed by atoms with Crippen LogP contribution in [0, 0.1) is 20.2 Å². The van der Waals surface area contributed by atoms with Crippen LogP contribution >= 0.6 is 0 Å². The molecule has 1 aromatic rings. The third kappa shape index (κ3) is 5.15. The molecule has 1 aromatic carbocycles. The highest BCUT2D eigenvalue weighted by molar-refractivity contribution is 5.94. The van der Waals surface area contributed by atoms with Gasteiger partial charge in [-0.25, -0.2) is 4.79 Å². The second-order valence-electron chi connectivity index (χ2n) is 4.19. The summed E-state index contributed by atoms with van der Waals surface area (Å²) in [7, 11) is 0. The molecule has 0 aliphatic rings. The number of alkyl halides is 3. The number of carboxylic acids is 1. The number of carbonyl (C=O) groups is 2.